The van der Waals surface area contributed by atoms with E-state index in [1.807, 2.05) is 30.3 Å². The molecular formula is C16H17N5O2S. The summed E-state index contributed by atoms with van der Waals surface area (Å²) in [7, 11) is -3.29. The van der Waals surface area contributed by atoms with Crippen LogP contribution < -0.4 is 21.7 Å². The standard InChI is InChI=1S/C16H17N5O2S/c1-24(22,23)21-14-8-6-12(7-9-14)11-2-4-13(5-3-11)16(18)15(10-17)20-19/h2-9,20-21H,18-19H2,1H3/b16-15-. The van der Waals surface area contributed by atoms with E-state index in [4.69, 9.17) is 16.8 Å². The van der Waals surface area contributed by atoms with E-state index in [2.05, 4.69) is 10.1 Å². The minimum atomic E-state index is -3.29. The summed E-state index contributed by atoms with van der Waals surface area (Å²) in [4.78, 5) is 0. The number of hydrogen-bond acceptors (Lipinski definition) is 6. The highest BCUT2D eigenvalue weighted by atomic mass is 32.2. The second kappa shape index (κ2) is 7.04. The second-order valence-electron chi connectivity index (χ2n) is 5.07. The molecule has 0 aliphatic carbocycles. The van der Waals surface area contributed by atoms with Crippen molar-refractivity contribution in [3.63, 3.8) is 0 Å². The minimum absolute atomic E-state index is 0.0963. The predicted octanol–water partition coefficient (Wildman–Crippen LogP) is 1.34. The molecule has 0 spiro atoms. The average molecular weight is 343 g/mol. The topological polar surface area (TPSA) is 134 Å². The number of nitriles is 1. The van der Waals surface area contributed by atoms with Gasteiger partial charge in [-0.15, -0.1) is 0 Å². The third-order valence-corrected chi connectivity index (χ3v) is 3.85. The summed E-state index contributed by atoms with van der Waals surface area (Å²) in [6.45, 7) is 0. The first-order valence-corrected chi connectivity index (χ1v) is 8.78. The Morgan fingerprint density at radius 1 is 1.04 bits per heavy atom. The van der Waals surface area contributed by atoms with Crippen molar-refractivity contribution < 1.29 is 8.42 Å². The van der Waals surface area contributed by atoms with Gasteiger partial charge in [0.05, 0.1) is 12.0 Å². The zero-order valence-corrected chi connectivity index (χ0v) is 13.8. The molecule has 0 heterocycles. The molecule has 0 bridgehead atoms. The molecule has 2 aromatic rings. The highest BCUT2D eigenvalue weighted by Gasteiger charge is 2.06. The molecule has 8 heteroatoms. The van der Waals surface area contributed by atoms with Gasteiger partial charge in [0.15, 0.2) is 5.70 Å². The molecule has 0 saturated carbocycles. The maximum absolute atomic E-state index is 11.2. The molecule has 0 atom stereocenters. The molecule has 0 aliphatic rings. The summed E-state index contributed by atoms with van der Waals surface area (Å²) in [5, 5.41) is 8.92. The van der Waals surface area contributed by atoms with Crippen LogP contribution in [0.15, 0.2) is 54.2 Å². The molecule has 6 N–H and O–H groups in total. The van der Waals surface area contributed by atoms with Crippen molar-refractivity contribution >= 4 is 21.4 Å². The Balaban J connectivity index is 2.26. The molecule has 124 valence electrons. The van der Waals surface area contributed by atoms with Crippen molar-refractivity contribution in [3.8, 4) is 17.2 Å². The van der Waals surface area contributed by atoms with Crippen molar-refractivity contribution in [3.05, 3.63) is 59.8 Å². The van der Waals surface area contributed by atoms with Crippen molar-refractivity contribution in [2.24, 2.45) is 11.6 Å². The molecule has 0 amide bonds. The van der Waals surface area contributed by atoms with Gasteiger partial charge < -0.3 is 11.2 Å². The number of benzene rings is 2. The Morgan fingerprint density at radius 3 is 1.96 bits per heavy atom. The van der Waals surface area contributed by atoms with Gasteiger partial charge in [-0.05, 0) is 23.3 Å². The first-order chi connectivity index (χ1) is 11.3. The van der Waals surface area contributed by atoms with Crippen LogP contribution in [0, 0.1) is 11.3 Å². The smallest absolute Gasteiger partial charge is 0.229 e. The van der Waals surface area contributed by atoms with Crippen molar-refractivity contribution in [2.75, 3.05) is 11.0 Å². The molecule has 0 unspecified atom stereocenters. The maximum Gasteiger partial charge on any atom is 0.229 e. The molecule has 0 aliphatic heterocycles. The first kappa shape index (κ1) is 17.3. The summed E-state index contributed by atoms with van der Waals surface area (Å²) in [6, 6.07) is 16.1. The molecule has 2 rings (SSSR count). The van der Waals surface area contributed by atoms with E-state index >= 15 is 0 Å². The highest BCUT2D eigenvalue weighted by Crippen LogP contribution is 2.23. The summed E-state index contributed by atoms with van der Waals surface area (Å²) in [5.41, 5.74) is 11.5. The predicted molar refractivity (Wildman–Crippen MR) is 94.4 cm³/mol. The monoisotopic (exact) mass is 343 g/mol. The van der Waals surface area contributed by atoms with E-state index in [9.17, 15) is 8.42 Å². The van der Waals surface area contributed by atoms with Crippen molar-refractivity contribution in [1.82, 2.24) is 5.43 Å². The molecular weight excluding hydrogens is 326 g/mol. The Kier molecular flexibility index (Phi) is 5.08. The van der Waals surface area contributed by atoms with Crippen LogP contribution in [0.3, 0.4) is 0 Å². The van der Waals surface area contributed by atoms with Gasteiger partial charge in [-0.25, -0.2) is 14.3 Å². The lowest BCUT2D eigenvalue weighted by Crippen LogP contribution is -2.23. The largest absolute Gasteiger partial charge is 0.396 e. The number of nitrogens with one attached hydrogen (secondary N) is 2. The normalized spacial score (nSPS) is 12.0. The summed E-state index contributed by atoms with van der Waals surface area (Å²) >= 11 is 0. The Hall–Kier alpha value is -3.02. The van der Waals surface area contributed by atoms with Gasteiger partial charge in [0.25, 0.3) is 0 Å². The maximum atomic E-state index is 11.2. The summed E-state index contributed by atoms with van der Waals surface area (Å²) in [6.07, 6.45) is 1.10. The van der Waals surface area contributed by atoms with E-state index in [1.165, 1.54) is 0 Å². The second-order valence-corrected chi connectivity index (χ2v) is 6.82. The SMILES string of the molecule is CS(=O)(=O)Nc1ccc(-c2ccc(/C(N)=C(\C#N)NN)cc2)cc1. The zero-order chi connectivity index (χ0) is 17.7. The fraction of sp³-hybridized carbons (Fsp3) is 0.0625. The quantitative estimate of drug-likeness (QED) is 0.368. The average Bonchev–Trinajstić information content (AvgIpc) is 2.55. The van der Waals surface area contributed by atoms with Crippen LogP contribution in [0.4, 0.5) is 5.69 Å². The fourth-order valence-corrected chi connectivity index (χ4v) is 2.67. The van der Waals surface area contributed by atoms with Gasteiger partial charge in [-0.2, -0.15) is 5.26 Å². The lowest BCUT2D eigenvalue weighted by Gasteiger charge is -2.08. The molecule has 0 radical (unpaired) electrons. The zero-order valence-electron chi connectivity index (χ0n) is 12.9. The lowest BCUT2D eigenvalue weighted by molar-refractivity contribution is 0.607. The number of nitrogens with zero attached hydrogens (tertiary/aromatic N) is 1. The number of anilines is 1. The van der Waals surface area contributed by atoms with Crippen molar-refractivity contribution in [1.29, 1.82) is 5.26 Å². The minimum Gasteiger partial charge on any atom is -0.396 e. The lowest BCUT2D eigenvalue weighted by atomic mass is 10.0. The molecule has 0 saturated heterocycles. The van der Waals surface area contributed by atoms with Gasteiger partial charge in [0.2, 0.25) is 10.0 Å². The molecule has 2 aromatic carbocycles. The van der Waals surface area contributed by atoms with Crippen LogP contribution in [0.1, 0.15) is 5.56 Å². The molecule has 0 fully saturated rings. The van der Waals surface area contributed by atoms with Gasteiger partial charge >= 0.3 is 0 Å². The Labute approximate surface area is 140 Å². The van der Waals surface area contributed by atoms with E-state index in [1.54, 1.807) is 24.3 Å². The van der Waals surface area contributed by atoms with Crippen LogP contribution in [-0.2, 0) is 10.0 Å². The number of nitrogens with two attached hydrogens (primary N) is 2. The van der Waals surface area contributed by atoms with Crippen LogP contribution in [0.25, 0.3) is 16.8 Å². The van der Waals surface area contributed by atoms with Gasteiger partial charge in [-0.3, -0.25) is 4.72 Å². The van der Waals surface area contributed by atoms with E-state index in [0.717, 1.165) is 17.4 Å². The van der Waals surface area contributed by atoms with Gasteiger partial charge in [-0.1, -0.05) is 36.4 Å². The third kappa shape index (κ3) is 4.25. The van der Waals surface area contributed by atoms with E-state index in [0.29, 0.717) is 11.3 Å². The van der Waals surface area contributed by atoms with Crippen LogP contribution in [-0.4, -0.2) is 14.7 Å². The van der Waals surface area contributed by atoms with Crippen molar-refractivity contribution in [2.45, 2.75) is 0 Å². The van der Waals surface area contributed by atoms with Crippen LogP contribution in [0.5, 0.6) is 0 Å². The summed E-state index contributed by atoms with van der Waals surface area (Å²) < 4.78 is 24.8. The molecule has 7 nitrogen and oxygen atoms in total. The number of hydrazine groups is 1. The van der Waals surface area contributed by atoms with Crippen LogP contribution in [0.2, 0.25) is 0 Å². The number of rotatable bonds is 5. The van der Waals surface area contributed by atoms with Crippen LogP contribution >= 0.6 is 0 Å². The first-order valence-electron chi connectivity index (χ1n) is 6.89. The Bertz CT molecular complexity index is 895. The molecule has 24 heavy (non-hydrogen) atoms. The van der Waals surface area contributed by atoms with E-state index in [-0.39, 0.29) is 11.4 Å². The highest BCUT2D eigenvalue weighted by molar-refractivity contribution is 7.92. The van der Waals surface area contributed by atoms with Gasteiger partial charge in [0, 0.05) is 11.3 Å². The Morgan fingerprint density at radius 2 is 1.54 bits per heavy atom. The summed E-state index contributed by atoms with van der Waals surface area (Å²) in [5.74, 6) is 5.24. The number of allylic oxidation sites excluding steroid dienone is 1. The van der Waals surface area contributed by atoms with E-state index < -0.39 is 10.0 Å². The third-order valence-electron chi connectivity index (χ3n) is 3.24. The number of sulfonamides is 1. The molecule has 0 aromatic heterocycles. The fourth-order valence-electron chi connectivity index (χ4n) is 2.10. The van der Waals surface area contributed by atoms with Gasteiger partial charge in [0.1, 0.15) is 6.07 Å². The number of hydrogen-bond donors (Lipinski definition) is 4.